The second-order valence-electron chi connectivity index (χ2n) is 1.96. The van der Waals surface area contributed by atoms with Gasteiger partial charge in [0.05, 0.1) is 6.54 Å². The van der Waals surface area contributed by atoms with Crippen molar-refractivity contribution in [3.8, 4) is 0 Å². The maximum atomic E-state index is 10.8. The molecule has 0 saturated heterocycles. The van der Waals surface area contributed by atoms with Crippen LogP contribution >= 0.6 is 0 Å². The maximum Gasteiger partial charge on any atom is 0.277 e. The molecule has 1 heterocycles. The molecule has 0 atom stereocenters. The number of aromatic amines is 1. The van der Waals surface area contributed by atoms with Crippen molar-refractivity contribution in [2.45, 2.75) is 6.54 Å². The summed E-state index contributed by atoms with van der Waals surface area (Å²) >= 11 is 0. The molecule has 7 nitrogen and oxygen atoms in total. The Morgan fingerprint density at radius 3 is 2.92 bits per heavy atom. The second-order valence-corrected chi connectivity index (χ2v) is 3.66. The van der Waals surface area contributed by atoms with E-state index in [1.807, 2.05) is 0 Å². The first kappa shape index (κ1) is 9.10. The lowest BCUT2D eigenvalue weighted by Gasteiger charge is -2.01. The molecule has 8 heteroatoms. The summed E-state index contributed by atoms with van der Waals surface area (Å²) in [5.74, 6) is 0.467. The molecule has 1 aromatic heterocycles. The molecule has 1 rings (SSSR count). The molecule has 0 aliphatic carbocycles. The highest BCUT2D eigenvalue weighted by Crippen LogP contribution is 1.84. The number of aromatic nitrogens is 3. The fourth-order valence-electron chi connectivity index (χ4n) is 0.552. The van der Waals surface area contributed by atoms with Crippen molar-refractivity contribution in [1.29, 1.82) is 0 Å². The van der Waals surface area contributed by atoms with Crippen molar-refractivity contribution < 1.29 is 8.42 Å². The molecular weight excluding hydrogens is 182 g/mol. The maximum absolute atomic E-state index is 10.8. The number of nitrogens with zero attached hydrogens (tertiary/aromatic N) is 2. The summed E-state index contributed by atoms with van der Waals surface area (Å²) in [6, 6.07) is 0. The second kappa shape index (κ2) is 3.61. The summed E-state index contributed by atoms with van der Waals surface area (Å²) in [5.41, 5.74) is 0. The lowest BCUT2D eigenvalue weighted by molar-refractivity contribution is 0.571. The Balaban J connectivity index is 2.47. The molecule has 12 heavy (non-hydrogen) atoms. The van der Waals surface area contributed by atoms with Gasteiger partial charge in [-0.15, -0.1) is 0 Å². The molecule has 0 amide bonds. The van der Waals surface area contributed by atoms with Gasteiger partial charge >= 0.3 is 0 Å². The normalized spacial score (nSPS) is 11.8. The minimum Gasteiger partial charge on any atom is -0.262 e. The number of H-pyrrole nitrogens is 1. The zero-order valence-corrected chi connectivity index (χ0v) is 7.22. The fourth-order valence-corrected chi connectivity index (χ4v) is 1.02. The summed E-state index contributed by atoms with van der Waals surface area (Å²) in [5, 5.41) is 6.08. The molecule has 0 saturated carbocycles. The first-order chi connectivity index (χ1) is 5.64. The van der Waals surface area contributed by atoms with Gasteiger partial charge in [-0.3, -0.25) is 5.10 Å². The van der Waals surface area contributed by atoms with E-state index in [1.165, 1.54) is 13.4 Å². The highest BCUT2D eigenvalue weighted by molar-refractivity contribution is 7.87. The van der Waals surface area contributed by atoms with Crippen LogP contribution in [0.25, 0.3) is 0 Å². The topological polar surface area (TPSA) is 99.8 Å². The monoisotopic (exact) mass is 191 g/mol. The molecule has 1 aromatic rings. The predicted octanol–water partition coefficient (Wildman–Crippen LogP) is -1.64. The van der Waals surface area contributed by atoms with Gasteiger partial charge in [-0.25, -0.2) is 9.71 Å². The van der Waals surface area contributed by atoms with Crippen LogP contribution in [-0.2, 0) is 16.8 Å². The Morgan fingerprint density at radius 2 is 2.42 bits per heavy atom. The average Bonchev–Trinajstić information content (AvgIpc) is 2.53. The van der Waals surface area contributed by atoms with Gasteiger partial charge in [0, 0.05) is 7.05 Å². The molecule has 0 aromatic carbocycles. The zero-order valence-electron chi connectivity index (χ0n) is 6.40. The van der Waals surface area contributed by atoms with Crippen LogP contribution in [0.15, 0.2) is 6.33 Å². The number of hydrogen-bond acceptors (Lipinski definition) is 4. The van der Waals surface area contributed by atoms with Crippen molar-refractivity contribution in [3.63, 3.8) is 0 Å². The zero-order chi connectivity index (χ0) is 9.03. The quantitative estimate of drug-likeness (QED) is 0.531. The minimum absolute atomic E-state index is 0.100. The van der Waals surface area contributed by atoms with Crippen LogP contribution in [0.4, 0.5) is 0 Å². The third kappa shape index (κ3) is 2.57. The Hall–Kier alpha value is -0.990. The van der Waals surface area contributed by atoms with Gasteiger partial charge in [-0.05, 0) is 0 Å². The first-order valence-corrected chi connectivity index (χ1v) is 4.65. The number of rotatable bonds is 4. The van der Waals surface area contributed by atoms with E-state index < -0.39 is 10.2 Å². The third-order valence-corrected chi connectivity index (χ3v) is 2.23. The third-order valence-electron chi connectivity index (χ3n) is 1.16. The van der Waals surface area contributed by atoms with Gasteiger partial charge in [-0.2, -0.15) is 18.2 Å². The van der Waals surface area contributed by atoms with E-state index in [0.29, 0.717) is 5.82 Å². The molecule has 0 aliphatic heterocycles. The first-order valence-electron chi connectivity index (χ1n) is 3.16. The summed E-state index contributed by atoms with van der Waals surface area (Å²) < 4.78 is 26.0. The van der Waals surface area contributed by atoms with Gasteiger partial charge in [0.2, 0.25) is 0 Å². The molecule has 0 bridgehead atoms. The molecule has 0 radical (unpaired) electrons. The summed E-state index contributed by atoms with van der Waals surface area (Å²) in [6.45, 7) is 0.100. The molecule has 0 unspecified atom stereocenters. The van der Waals surface area contributed by atoms with E-state index in [4.69, 9.17) is 0 Å². The molecule has 68 valence electrons. The van der Waals surface area contributed by atoms with Crippen LogP contribution in [0.1, 0.15) is 5.82 Å². The highest BCUT2D eigenvalue weighted by atomic mass is 32.2. The predicted molar refractivity (Wildman–Crippen MR) is 41.2 cm³/mol. The van der Waals surface area contributed by atoms with Gasteiger partial charge < -0.3 is 0 Å². The number of hydrogen-bond donors (Lipinski definition) is 3. The molecule has 3 N–H and O–H groups in total. The van der Waals surface area contributed by atoms with Crippen LogP contribution in [0.2, 0.25) is 0 Å². The van der Waals surface area contributed by atoms with Crippen LogP contribution < -0.4 is 9.44 Å². The van der Waals surface area contributed by atoms with Gasteiger partial charge in [0.15, 0.2) is 0 Å². The Kier molecular flexibility index (Phi) is 2.74. The minimum atomic E-state index is -3.38. The lowest BCUT2D eigenvalue weighted by atomic mass is 10.6. The van der Waals surface area contributed by atoms with Crippen LogP contribution in [0.5, 0.6) is 0 Å². The lowest BCUT2D eigenvalue weighted by Crippen LogP contribution is -2.33. The standard InChI is InChI=1S/C4H9N5O2S/c1-5-12(10,11)8-2-4-6-3-7-9-4/h3,5,8H,2H2,1H3,(H,6,7,9). The van der Waals surface area contributed by atoms with Crippen molar-refractivity contribution in [1.82, 2.24) is 24.6 Å². The molecular formula is C4H9N5O2S. The van der Waals surface area contributed by atoms with E-state index in [1.54, 1.807) is 0 Å². The van der Waals surface area contributed by atoms with E-state index >= 15 is 0 Å². The van der Waals surface area contributed by atoms with E-state index in [9.17, 15) is 8.42 Å². The Morgan fingerprint density at radius 1 is 1.67 bits per heavy atom. The van der Waals surface area contributed by atoms with Crippen LogP contribution in [0, 0.1) is 0 Å². The number of nitrogens with one attached hydrogen (secondary N) is 3. The van der Waals surface area contributed by atoms with Gasteiger partial charge in [0.25, 0.3) is 10.2 Å². The molecule has 0 fully saturated rings. The molecule has 0 aliphatic rings. The fraction of sp³-hybridized carbons (Fsp3) is 0.500. The smallest absolute Gasteiger partial charge is 0.262 e. The highest BCUT2D eigenvalue weighted by Gasteiger charge is 2.05. The van der Waals surface area contributed by atoms with Crippen molar-refractivity contribution >= 4 is 10.2 Å². The SMILES string of the molecule is CNS(=O)(=O)NCc1ncn[nH]1. The van der Waals surface area contributed by atoms with Crippen molar-refractivity contribution in [2.24, 2.45) is 0 Å². The Bertz CT molecular complexity index is 317. The van der Waals surface area contributed by atoms with Crippen LogP contribution in [-0.4, -0.2) is 30.6 Å². The largest absolute Gasteiger partial charge is 0.277 e. The van der Waals surface area contributed by atoms with Gasteiger partial charge in [0.1, 0.15) is 12.2 Å². The molecule has 0 spiro atoms. The van der Waals surface area contributed by atoms with Crippen molar-refractivity contribution in [3.05, 3.63) is 12.2 Å². The van der Waals surface area contributed by atoms with E-state index in [0.717, 1.165) is 0 Å². The van der Waals surface area contributed by atoms with E-state index in [2.05, 4.69) is 24.6 Å². The average molecular weight is 191 g/mol. The van der Waals surface area contributed by atoms with Crippen LogP contribution in [0.3, 0.4) is 0 Å². The van der Waals surface area contributed by atoms with Crippen molar-refractivity contribution in [2.75, 3.05) is 7.05 Å². The van der Waals surface area contributed by atoms with Gasteiger partial charge in [-0.1, -0.05) is 0 Å². The van der Waals surface area contributed by atoms with E-state index in [-0.39, 0.29) is 6.54 Å². The summed E-state index contributed by atoms with van der Waals surface area (Å²) in [4.78, 5) is 3.73. The Labute approximate surface area is 69.8 Å². The summed E-state index contributed by atoms with van der Waals surface area (Å²) in [7, 11) is -2.06. The summed E-state index contributed by atoms with van der Waals surface area (Å²) in [6.07, 6.45) is 1.31.